The fraction of sp³-hybridized carbons (Fsp3) is 0.800. The van der Waals surface area contributed by atoms with Crippen molar-refractivity contribution in [1.29, 1.82) is 0 Å². The van der Waals surface area contributed by atoms with Gasteiger partial charge in [0, 0.05) is 12.6 Å². The van der Waals surface area contributed by atoms with Crippen molar-refractivity contribution in [3.63, 3.8) is 0 Å². The molecule has 0 aromatic heterocycles. The molecule has 2 rings (SSSR count). The van der Waals surface area contributed by atoms with Crippen LogP contribution in [-0.2, 0) is 25.8 Å². The SMILES string of the molecule is [CH2-]C.[CH2-]N1C[C@H]2OCCN(C)[C@H]2C1.[W+2]. The third-order valence-electron chi connectivity index (χ3n) is 2.65. The zero-order valence-corrected chi connectivity index (χ0v) is 12.0. The van der Waals surface area contributed by atoms with Crippen LogP contribution in [0, 0.1) is 14.0 Å². The normalized spacial score (nSPS) is 32.6. The Morgan fingerprint density at radius 1 is 1.29 bits per heavy atom. The summed E-state index contributed by atoms with van der Waals surface area (Å²) in [6.07, 6.45) is 0.409. The summed E-state index contributed by atoms with van der Waals surface area (Å²) < 4.78 is 5.62. The zero-order valence-electron chi connectivity index (χ0n) is 9.11. The first-order valence-electron chi connectivity index (χ1n) is 4.85. The van der Waals surface area contributed by atoms with Crippen LogP contribution in [0.15, 0.2) is 0 Å². The molecule has 4 heteroatoms. The van der Waals surface area contributed by atoms with Gasteiger partial charge in [-0.1, -0.05) is 0 Å². The molecular formula is C10H20N2OW. The van der Waals surface area contributed by atoms with Gasteiger partial charge in [-0.3, -0.25) is 11.9 Å². The van der Waals surface area contributed by atoms with Crippen molar-refractivity contribution >= 4 is 0 Å². The molecule has 0 aromatic rings. The monoisotopic (exact) mass is 368 g/mol. The van der Waals surface area contributed by atoms with Gasteiger partial charge in [0.2, 0.25) is 0 Å². The van der Waals surface area contributed by atoms with Crippen LogP contribution in [0.2, 0.25) is 0 Å². The fourth-order valence-electron chi connectivity index (χ4n) is 1.93. The van der Waals surface area contributed by atoms with Gasteiger partial charge in [0.25, 0.3) is 0 Å². The predicted octanol–water partition coefficient (Wildman–Crippen LogP) is 0.631. The summed E-state index contributed by atoms with van der Waals surface area (Å²) in [5.41, 5.74) is 0. The van der Waals surface area contributed by atoms with Gasteiger partial charge in [-0.05, 0) is 20.1 Å². The molecule has 0 radical (unpaired) electrons. The van der Waals surface area contributed by atoms with Crippen LogP contribution in [0.25, 0.3) is 0 Å². The van der Waals surface area contributed by atoms with Crippen molar-refractivity contribution in [3.8, 4) is 0 Å². The Morgan fingerprint density at radius 3 is 2.50 bits per heavy atom. The molecule has 0 unspecified atom stereocenters. The molecule has 2 aliphatic rings. The minimum Gasteiger partial charge on any atom is -0.456 e. The third kappa shape index (κ3) is 3.30. The summed E-state index contributed by atoms with van der Waals surface area (Å²) in [6, 6.07) is 0.584. The van der Waals surface area contributed by atoms with E-state index in [1.807, 2.05) is 0 Å². The standard InChI is InChI=1S/C8H15N2O.C2H5.W/c1-9-5-7-8(6-9)11-4-3-10(7)2;1-2;/h7-8H,1,3-6H2,2H3;1H2,2H3;/q2*-1;+2/t7-,8+;;/m0../s1. The van der Waals surface area contributed by atoms with E-state index < -0.39 is 0 Å². The van der Waals surface area contributed by atoms with E-state index >= 15 is 0 Å². The first-order valence-corrected chi connectivity index (χ1v) is 4.85. The van der Waals surface area contributed by atoms with Crippen molar-refractivity contribution in [2.24, 2.45) is 0 Å². The summed E-state index contributed by atoms with van der Waals surface area (Å²) in [4.78, 5) is 4.47. The number of hydrogen-bond acceptors (Lipinski definition) is 3. The van der Waals surface area contributed by atoms with Crippen LogP contribution in [0.3, 0.4) is 0 Å². The minimum atomic E-state index is 0. The Bertz CT molecular complexity index is 157. The van der Waals surface area contributed by atoms with Gasteiger partial charge in [0.15, 0.2) is 0 Å². The number of likely N-dealkylation sites (tertiary alicyclic amines) is 1. The van der Waals surface area contributed by atoms with E-state index in [9.17, 15) is 0 Å². The number of likely N-dealkylation sites (N-methyl/N-ethyl adjacent to an activating group) is 1. The molecule has 2 saturated heterocycles. The second-order valence-corrected chi connectivity index (χ2v) is 3.49. The molecule has 2 heterocycles. The van der Waals surface area contributed by atoms with Crippen LogP contribution < -0.4 is 0 Å². The van der Waals surface area contributed by atoms with Crippen LogP contribution in [-0.4, -0.2) is 55.2 Å². The first-order chi connectivity index (χ1) is 6.27. The Balaban J connectivity index is 0.000000531. The summed E-state index contributed by atoms with van der Waals surface area (Å²) in [5.74, 6) is 0. The molecule has 0 N–H and O–H groups in total. The second-order valence-electron chi connectivity index (χ2n) is 3.49. The molecule has 14 heavy (non-hydrogen) atoms. The third-order valence-corrected chi connectivity index (χ3v) is 2.65. The molecule has 0 amide bonds. The quantitative estimate of drug-likeness (QED) is 0.584. The molecule has 0 aliphatic carbocycles. The summed E-state index contributed by atoms with van der Waals surface area (Å²) in [5, 5.41) is 0. The first kappa shape index (κ1) is 14.6. The van der Waals surface area contributed by atoms with E-state index in [1.165, 1.54) is 0 Å². The maximum atomic E-state index is 5.62. The Kier molecular flexibility index (Phi) is 7.23. The fourth-order valence-corrected chi connectivity index (χ4v) is 1.93. The second kappa shape index (κ2) is 6.94. The van der Waals surface area contributed by atoms with E-state index in [4.69, 9.17) is 4.74 Å². The van der Waals surface area contributed by atoms with Gasteiger partial charge >= 0.3 is 21.1 Å². The molecule has 2 fully saturated rings. The average Bonchev–Trinajstić information content (AvgIpc) is 2.51. The molecule has 2 aliphatic heterocycles. The smallest absolute Gasteiger partial charge is 0.456 e. The Hall–Kier alpha value is 0.568. The van der Waals surface area contributed by atoms with Gasteiger partial charge < -0.3 is 16.6 Å². The van der Waals surface area contributed by atoms with Crippen molar-refractivity contribution in [2.45, 2.75) is 19.1 Å². The minimum absolute atomic E-state index is 0. The Morgan fingerprint density at radius 2 is 1.93 bits per heavy atom. The van der Waals surface area contributed by atoms with Crippen LogP contribution in [0.5, 0.6) is 0 Å². The van der Waals surface area contributed by atoms with E-state index in [1.54, 1.807) is 6.92 Å². The van der Waals surface area contributed by atoms with Gasteiger partial charge in [-0.2, -0.15) is 6.92 Å². The van der Waals surface area contributed by atoms with Crippen molar-refractivity contribution in [1.82, 2.24) is 9.80 Å². The van der Waals surface area contributed by atoms with Crippen LogP contribution in [0.4, 0.5) is 0 Å². The van der Waals surface area contributed by atoms with Crippen LogP contribution >= 0.6 is 0 Å². The van der Waals surface area contributed by atoms with Gasteiger partial charge in [0.1, 0.15) is 0 Å². The number of morpholine rings is 1. The zero-order chi connectivity index (χ0) is 9.84. The van der Waals surface area contributed by atoms with E-state index in [0.717, 1.165) is 26.2 Å². The maximum Gasteiger partial charge on any atom is 2.00 e. The van der Waals surface area contributed by atoms with E-state index in [2.05, 4.69) is 30.8 Å². The van der Waals surface area contributed by atoms with E-state index in [-0.39, 0.29) is 21.1 Å². The van der Waals surface area contributed by atoms with Gasteiger partial charge in [-0.25, -0.2) is 0 Å². The number of nitrogens with zero attached hydrogens (tertiary/aromatic N) is 2. The van der Waals surface area contributed by atoms with Gasteiger partial charge in [-0.15, -0.1) is 0 Å². The molecule has 82 valence electrons. The van der Waals surface area contributed by atoms with E-state index in [0.29, 0.717) is 12.1 Å². The molecule has 3 nitrogen and oxygen atoms in total. The van der Waals surface area contributed by atoms with Crippen molar-refractivity contribution in [3.05, 3.63) is 14.0 Å². The predicted molar refractivity (Wildman–Crippen MR) is 54.1 cm³/mol. The topological polar surface area (TPSA) is 15.7 Å². The molecule has 2 atom stereocenters. The molecular weight excluding hydrogens is 348 g/mol. The summed E-state index contributed by atoms with van der Waals surface area (Å²) in [7, 11) is 6.09. The average molecular weight is 368 g/mol. The number of rotatable bonds is 0. The summed E-state index contributed by atoms with van der Waals surface area (Å²) >= 11 is 0. The summed E-state index contributed by atoms with van der Waals surface area (Å²) in [6.45, 7) is 9.00. The molecule has 0 aromatic carbocycles. The van der Waals surface area contributed by atoms with Crippen LogP contribution in [0.1, 0.15) is 6.92 Å². The molecule has 0 bridgehead atoms. The Labute approximate surface area is 102 Å². The number of hydrogen-bond donors (Lipinski definition) is 0. The van der Waals surface area contributed by atoms with Crippen molar-refractivity contribution in [2.75, 3.05) is 33.3 Å². The largest absolute Gasteiger partial charge is 2.00 e. The molecule has 0 saturated carbocycles. The molecule has 0 spiro atoms. The van der Waals surface area contributed by atoms with Crippen molar-refractivity contribution < 1.29 is 25.8 Å². The maximum absolute atomic E-state index is 5.62. The van der Waals surface area contributed by atoms with Gasteiger partial charge in [0.05, 0.1) is 12.7 Å². The number of fused-ring (bicyclic) bond motifs is 1. The number of ether oxygens (including phenoxy) is 1.